The first kappa shape index (κ1) is 13.9. The zero-order valence-corrected chi connectivity index (χ0v) is 12.3. The molecule has 1 heterocycles. The number of ether oxygens (including phenoxy) is 1. The van der Waals surface area contributed by atoms with Crippen molar-refractivity contribution in [2.75, 3.05) is 0 Å². The molecule has 0 spiro atoms. The third kappa shape index (κ3) is 3.08. The minimum absolute atomic E-state index is 0.114. The summed E-state index contributed by atoms with van der Waals surface area (Å²) < 4.78 is 11.8. The van der Waals surface area contributed by atoms with Gasteiger partial charge in [0, 0.05) is 22.9 Å². The molecule has 0 aromatic heterocycles. The van der Waals surface area contributed by atoms with Gasteiger partial charge in [0.15, 0.2) is 6.29 Å². The van der Waals surface area contributed by atoms with Gasteiger partial charge in [-0.15, -0.1) is 0 Å². The minimum Gasteiger partial charge on any atom is -0.348 e. The minimum atomic E-state index is -0.114. The molecule has 1 aromatic rings. The first-order valence-electron chi connectivity index (χ1n) is 6.63. The van der Waals surface area contributed by atoms with E-state index >= 15 is 0 Å². The zero-order valence-electron chi connectivity index (χ0n) is 11.5. The Morgan fingerprint density at radius 3 is 2.28 bits per heavy atom. The Bertz CT molecular complexity index is 368. The van der Waals surface area contributed by atoms with Crippen molar-refractivity contribution in [1.29, 1.82) is 0 Å². The molecule has 3 heteroatoms. The maximum Gasteiger partial charge on any atom is 0.174 e. The van der Waals surface area contributed by atoms with Gasteiger partial charge >= 0.3 is 0 Å². The Kier molecular flexibility index (Phi) is 4.71. The van der Waals surface area contributed by atoms with Crippen LogP contribution in [-0.4, -0.2) is 12.4 Å². The second kappa shape index (κ2) is 6.09. The van der Waals surface area contributed by atoms with E-state index in [1.165, 1.54) is 12.0 Å². The fraction of sp³-hybridized carbons (Fsp3) is 0.600. The zero-order chi connectivity index (χ0) is 13.1. The summed E-state index contributed by atoms with van der Waals surface area (Å²) in [5, 5.41) is 0. The molecule has 1 saturated heterocycles. The molecule has 1 aliphatic heterocycles. The van der Waals surface area contributed by atoms with Crippen molar-refractivity contribution in [1.82, 2.24) is 0 Å². The maximum absolute atomic E-state index is 5.96. The van der Waals surface area contributed by atoms with Crippen LogP contribution in [0.1, 0.15) is 27.7 Å². The Labute approximate surface area is 114 Å². The molecular formula is C15H22O2S. The summed E-state index contributed by atoms with van der Waals surface area (Å²) >= 11 is 1.41. The van der Waals surface area contributed by atoms with Crippen molar-refractivity contribution < 1.29 is 8.92 Å². The van der Waals surface area contributed by atoms with E-state index in [0.717, 1.165) is 4.90 Å². The molecular weight excluding hydrogens is 244 g/mol. The molecule has 5 unspecified atom stereocenters. The number of hydrogen-bond acceptors (Lipinski definition) is 3. The number of rotatable bonds is 3. The summed E-state index contributed by atoms with van der Waals surface area (Å²) in [6.07, 6.45) is 0.147. The lowest BCUT2D eigenvalue weighted by atomic mass is 9.79. The molecule has 18 heavy (non-hydrogen) atoms. The highest BCUT2D eigenvalue weighted by Crippen LogP contribution is 2.37. The van der Waals surface area contributed by atoms with Crippen molar-refractivity contribution in [3.8, 4) is 0 Å². The smallest absolute Gasteiger partial charge is 0.174 e. The molecule has 1 aromatic carbocycles. The number of benzene rings is 1. The van der Waals surface area contributed by atoms with E-state index in [0.29, 0.717) is 17.8 Å². The highest BCUT2D eigenvalue weighted by Gasteiger charge is 2.37. The van der Waals surface area contributed by atoms with Crippen LogP contribution in [-0.2, 0) is 8.92 Å². The molecule has 2 rings (SSSR count). The van der Waals surface area contributed by atoms with Crippen LogP contribution in [0.25, 0.3) is 0 Å². The van der Waals surface area contributed by atoms with Crippen LogP contribution in [0.4, 0.5) is 0 Å². The topological polar surface area (TPSA) is 18.5 Å². The highest BCUT2D eigenvalue weighted by molar-refractivity contribution is 7.94. The molecule has 0 amide bonds. The fourth-order valence-electron chi connectivity index (χ4n) is 2.30. The maximum atomic E-state index is 5.96. The molecule has 1 fully saturated rings. The predicted molar refractivity (Wildman–Crippen MR) is 75.2 cm³/mol. The average Bonchev–Trinajstić information content (AvgIpc) is 2.40. The van der Waals surface area contributed by atoms with E-state index < -0.39 is 0 Å². The van der Waals surface area contributed by atoms with Crippen LogP contribution in [0.5, 0.6) is 0 Å². The van der Waals surface area contributed by atoms with Gasteiger partial charge in [-0.2, -0.15) is 0 Å². The van der Waals surface area contributed by atoms with Crippen LogP contribution in [0.2, 0.25) is 0 Å². The van der Waals surface area contributed by atoms with Gasteiger partial charge in [-0.05, 0) is 30.9 Å². The fourth-order valence-corrected chi connectivity index (χ4v) is 3.00. The third-order valence-corrected chi connectivity index (χ3v) is 4.91. The molecule has 0 aliphatic carbocycles. The van der Waals surface area contributed by atoms with Gasteiger partial charge in [0.05, 0.1) is 6.10 Å². The Morgan fingerprint density at radius 1 is 0.944 bits per heavy atom. The van der Waals surface area contributed by atoms with E-state index in [-0.39, 0.29) is 12.4 Å². The second-order valence-electron chi connectivity index (χ2n) is 5.28. The van der Waals surface area contributed by atoms with Gasteiger partial charge in [0.2, 0.25) is 0 Å². The monoisotopic (exact) mass is 266 g/mol. The van der Waals surface area contributed by atoms with Crippen LogP contribution in [0.3, 0.4) is 0 Å². The van der Waals surface area contributed by atoms with E-state index in [2.05, 4.69) is 27.7 Å². The number of hydrogen-bond donors (Lipinski definition) is 0. The van der Waals surface area contributed by atoms with Crippen LogP contribution >= 0.6 is 12.0 Å². The SMILES string of the molecule is CC1OC(OSc2ccccc2)C(C)C(C)C1C. The van der Waals surface area contributed by atoms with Gasteiger partial charge in [0.1, 0.15) is 0 Å². The van der Waals surface area contributed by atoms with Gasteiger partial charge in [-0.1, -0.05) is 39.0 Å². The van der Waals surface area contributed by atoms with Crippen molar-refractivity contribution in [3.63, 3.8) is 0 Å². The van der Waals surface area contributed by atoms with Crippen molar-refractivity contribution in [2.45, 2.75) is 45.0 Å². The standard InChI is InChI=1S/C15H22O2S/c1-10-11(2)13(4)16-15(12(10)3)17-18-14-8-6-5-7-9-14/h5-13,15H,1-4H3. The van der Waals surface area contributed by atoms with Crippen LogP contribution in [0, 0.1) is 17.8 Å². The molecule has 0 saturated carbocycles. The lowest BCUT2D eigenvalue weighted by Gasteiger charge is -2.41. The molecule has 5 atom stereocenters. The summed E-state index contributed by atoms with van der Waals surface area (Å²) in [4.78, 5) is 1.12. The first-order valence-corrected chi connectivity index (χ1v) is 7.37. The quantitative estimate of drug-likeness (QED) is 0.757. The lowest BCUT2D eigenvalue weighted by Crippen LogP contribution is -2.43. The van der Waals surface area contributed by atoms with Crippen molar-refractivity contribution >= 4 is 12.0 Å². The molecule has 0 bridgehead atoms. The van der Waals surface area contributed by atoms with Gasteiger partial charge < -0.3 is 4.74 Å². The molecule has 100 valence electrons. The summed E-state index contributed by atoms with van der Waals surface area (Å²) in [5.41, 5.74) is 0. The van der Waals surface area contributed by atoms with Crippen molar-refractivity contribution in [3.05, 3.63) is 30.3 Å². The van der Waals surface area contributed by atoms with E-state index in [9.17, 15) is 0 Å². The molecule has 1 aliphatic rings. The Balaban J connectivity index is 1.93. The summed E-state index contributed by atoms with van der Waals surface area (Å²) in [6, 6.07) is 10.1. The van der Waals surface area contributed by atoms with Gasteiger partial charge in [-0.25, -0.2) is 0 Å². The predicted octanol–water partition coefficient (Wildman–Crippen LogP) is 4.36. The normalized spacial score (nSPS) is 36.6. The third-order valence-electron chi connectivity index (χ3n) is 4.16. The molecule has 0 N–H and O–H groups in total. The van der Waals surface area contributed by atoms with Crippen LogP contribution in [0.15, 0.2) is 35.2 Å². The van der Waals surface area contributed by atoms with E-state index in [1.54, 1.807) is 0 Å². The van der Waals surface area contributed by atoms with Crippen molar-refractivity contribution in [2.24, 2.45) is 17.8 Å². The summed E-state index contributed by atoms with van der Waals surface area (Å²) in [5.74, 6) is 1.63. The molecule has 0 radical (unpaired) electrons. The van der Waals surface area contributed by atoms with Gasteiger partial charge in [-0.3, -0.25) is 4.18 Å². The summed E-state index contributed by atoms with van der Waals surface area (Å²) in [6.45, 7) is 8.89. The van der Waals surface area contributed by atoms with E-state index in [1.807, 2.05) is 30.3 Å². The molecule has 2 nitrogen and oxygen atoms in total. The van der Waals surface area contributed by atoms with Gasteiger partial charge in [0.25, 0.3) is 0 Å². The largest absolute Gasteiger partial charge is 0.348 e. The summed E-state index contributed by atoms with van der Waals surface area (Å²) in [7, 11) is 0. The average molecular weight is 266 g/mol. The Morgan fingerprint density at radius 2 is 1.61 bits per heavy atom. The highest BCUT2D eigenvalue weighted by atomic mass is 32.2. The lowest BCUT2D eigenvalue weighted by molar-refractivity contribution is -0.200. The Hall–Kier alpha value is -0.510. The first-order chi connectivity index (χ1) is 8.59. The van der Waals surface area contributed by atoms with E-state index in [4.69, 9.17) is 8.92 Å². The second-order valence-corrected chi connectivity index (χ2v) is 6.11. The van der Waals surface area contributed by atoms with Crippen LogP contribution < -0.4 is 0 Å².